The van der Waals surface area contributed by atoms with Crippen molar-refractivity contribution in [1.29, 1.82) is 0 Å². The molecule has 0 bridgehead atoms. The van der Waals surface area contributed by atoms with E-state index < -0.39 is 0 Å². The first-order valence-corrected chi connectivity index (χ1v) is 6.68. The van der Waals surface area contributed by atoms with Crippen LogP contribution in [-0.2, 0) is 6.54 Å². The SMILES string of the molecule is CCn1ccnc1C(=O)c1ccc(SC)cc1. The number of aromatic nitrogens is 2. The zero-order valence-electron chi connectivity index (χ0n) is 9.88. The van der Waals surface area contributed by atoms with Gasteiger partial charge >= 0.3 is 0 Å². The van der Waals surface area contributed by atoms with Gasteiger partial charge in [-0.1, -0.05) is 0 Å². The van der Waals surface area contributed by atoms with Gasteiger partial charge in [-0.3, -0.25) is 4.79 Å². The molecule has 4 heteroatoms. The Balaban J connectivity index is 2.30. The Kier molecular flexibility index (Phi) is 3.64. The van der Waals surface area contributed by atoms with Crippen LogP contribution in [0, 0.1) is 0 Å². The molecule has 0 N–H and O–H groups in total. The molecule has 0 fully saturated rings. The first kappa shape index (κ1) is 11.9. The van der Waals surface area contributed by atoms with Crippen LogP contribution in [-0.4, -0.2) is 21.6 Å². The highest BCUT2D eigenvalue weighted by Crippen LogP contribution is 2.16. The van der Waals surface area contributed by atoms with Crippen molar-refractivity contribution in [3.8, 4) is 0 Å². The second-order valence-corrected chi connectivity index (χ2v) is 4.47. The summed E-state index contributed by atoms with van der Waals surface area (Å²) in [5.41, 5.74) is 0.684. The van der Waals surface area contributed by atoms with Gasteiger partial charge in [-0.25, -0.2) is 4.98 Å². The summed E-state index contributed by atoms with van der Waals surface area (Å²) in [6.45, 7) is 2.75. The van der Waals surface area contributed by atoms with Gasteiger partial charge in [-0.15, -0.1) is 11.8 Å². The standard InChI is InChI=1S/C13H14N2OS/c1-3-15-9-8-14-13(15)12(16)10-4-6-11(17-2)7-5-10/h4-9H,3H2,1-2H3. The Morgan fingerprint density at radius 3 is 2.65 bits per heavy atom. The van der Waals surface area contributed by atoms with E-state index >= 15 is 0 Å². The molecule has 2 aromatic rings. The van der Waals surface area contributed by atoms with Crippen LogP contribution in [0.5, 0.6) is 0 Å². The molecule has 0 aliphatic carbocycles. The van der Waals surface area contributed by atoms with Gasteiger partial charge in [0, 0.05) is 29.4 Å². The van der Waals surface area contributed by atoms with Crippen LogP contribution in [0.25, 0.3) is 0 Å². The lowest BCUT2D eigenvalue weighted by Gasteiger charge is -2.04. The van der Waals surface area contributed by atoms with E-state index in [2.05, 4.69) is 4.98 Å². The summed E-state index contributed by atoms with van der Waals surface area (Å²) in [4.78, 5) is 17.5. The van der Waals surface area contributed by atoms with Crippen LogP contribution in [0.4, 0.5) is 0 Å². The zero-order valence-corrected chi connectivity index (χ0v) is 10.7. The highest BCUT2D eigenvalue weighted by Gasteiger charge is 2.14. The van der Waals surface area contributed by atoms with E-state index in [9.17, 15) is 4.79 Å². The Bertz CT molecular complexity index is 516. The van der Waals surface area contributed by atoms with Crippen molar-refractivity contribution in [2.75, 3.05) is 6.26 Å². The van der Waals surface area contributed by atoms with E-state index in [4.69, 9.17) is 0 Å². The molecule has 0 aliphatic heterocycles. The second-order valence-electron chi connectivity index (χ2n) is 3.59. The summed E-state index contributed by atoms with van der Waals surface area (Å²) in [7, 11) is 0. The summed E-state index contributed by atoms with van der Waals surface area (Å²) >= 11 is 1.66. The molecule has 0 aliphatic rings. The molecular weight excluding hydrogens is 232 g/mol. The van der Waals surface area contributed by atoms with E-state index in [1.807, 2.05) is 48.2 Å². The predicted molar refractivity (Wildman–Crippen MR) is 69.6 cm³/mol. The smallest absolute Gasteiger partial charge is 0.228 e. The fraction of sp³-hybridized carbons (Fsp3) is 0.231. The maximum atomic E-state index is 12.2. The van der Waals surface area contributed by atoms with E-state index in [1.54, 1.807) is 18.0 Å². The van der Waals surface area contributed by atoms with Gasteiger partial charge in [0.05, 0.1) is 0 Å². The average Bonchev–Trinajstić information content (AvgIpc) is 2.86. The Labute approximate surface area is 105 Å². The number of carbonyl (C=O) groups excluding carboxylic acids is 1. The summed E-state index contributed by atoms with van der Waals surface area (Å²) in [6, 6.07) is 7.61. The Morgan fingerprint density at radius 1 is 1.35 bits per heavy atom. The highest BCUT2D eigenvalue weighted by atomic mass is 32.2. The molecular formula is C13H14N2OS. The number of nitrogens with zero attached hydrogens (tertiary/aromatic N) is 2. The molecule has 0 radical (unpaired) electrons. The number of hydrogen-bond acceptors (Lipinski definition) is 3. The molecule has 0 amide bonds. The minimum atomic E-state index is -0.0236. The summed E-state index contributed by atoms with van der Waals surface area (Å²) in [5.74, 6) is 0.480. The lowest BCUT2D eigenvalue weighted by molar-refractivity contribution is 0.102. The molecule has 1 aromatic carbocycles. The van der Waals surface area contributed by atoms with Crippen molar-refractivity contribution in [3.63, 3.8) is 0 Å². The van der Waals surface area contributed by atoms with Crippen molar-refractivity contribution in [3.05, 3.63) is 48.0 Å². The van der Waals surface area contributed by atoms with Gasteiger partial charge in [-0.05, 0) is 37.4 Å². The number of ketones is 1. The largest absolute Gasteiger partial charge is 0.328 e. The van der Waals surface area contributed by atoms with Gasteiger partial charge in [0.15, 0.2) is 5.82 Å². The van der Waals surface area contributed by atoms with Gasteiger partial charge in [0.2, 0.25) is 5.78 Å². The summed E-state index contributed by atoms with van der Waals surface area (Å²) < 4.78 is 1.85. The van der Waals surface area contributed by atoms with Crippen LogP contribution in [0.1, 0.15) is 23.1 Å². The first-order valence-electron chi connectivity index (χ1n) is 5.46. The fourth-order valence-corrected chi connectivity index (χ4v) is 2.05. The normalized spacial score (nSPS) is 10.5. The topological polar surface area (TPSA) is 34.9 Å². The Hall–Kier alpha value is -1.55. The molecule has 1 heterocycles. The zero-order chi connectivity index (χ0) is 12.3. The molecule has 17 heavy (non-hydrogen) atoms. The van der Waals surface area contributed by atoms with Gasteiger partial charge in [-0.2, -0.15) is 0 Å². The number of carbonyl (C=O) groups is 1. The number of benzene rings is 1. The lowest BCUT2D eigenvalue weighted by atomic mass is 10.1. The van der Waals surface area contributed by atoms with E-state index in [-0.39, 0.29) is 5.78 Å². The number of imidazole rings is 1. The third-order valence-corrected chi connectivity index (χ3v) is 3.36. The van der Waals surface area contributed by atoms with E-state index in [0.717, 1.165) is 11.4 Å². The van der Waals surface area contributed by atoms with Crippen molar-refractivity contribution in [2.24, 2.45) is 0 Å². The minimum Gasteiger partial charge on any atom is -0.328 e. The summed E-state index contributed by atoms with van der Waals surface area (Å²) in [6.07, 6.45) is 5.50. The molecule has 2 rings (SSSR count). The molecule has 0 saturated heterocycles. The average molecular weight is 246 g/mol. The van der Waals surface area contributed by atoms with Crippen molar-refractivity contribution < 1.29 is 4.79 Å². The minimum absolute atomic E-state index is 0.0236. The third-order valence-electron chi connectivity index (χ3n) is 2.61. The van der Waals surface area contributed by atoms with E-state index in [0.29, 0.717) is 11.4 Å². The molecule has 0 atom stereocenters. The van der Waals surface area contributed by atoms with Crippen molar-refractivity contribution in [1.82, 2.24) is 9.55 Å². The van der Waals surface area contributed by atoms with Gasteiger partial charge in [0.1, 0.15) is 0 Å². The fourth-order valence-electron chi connectivity index (χ4n) is 1.64. The first-order chi connectivity index (χ1) is 8.26. The maximum Gasteiger partial charge on any atom is 0.228 e. The number of rotatable bonds is 4. The highest BCUT2D eigenvalue weighted by molar-refractivity contribution is 7.98. The van der Waals surface area contributed by atoms with Crippen LogP contribution in [0.3, 0.4) is 0 Å². The van der Waals surface area contributed by atoms with Gasteiger partial charge in [0.25, 0.3) is 0 Å². The van der Waals surface area contributed by atoms with Gasteiger partial charge < -0.3 is 4.57 Å². The molecule has 88 valence electrons. The molecule has 0 unspecified atom stereocenters. The second kappa shape index (κ2) is 5.19. The lowest BCUT2D eigenvalue weighted by Crippen LogP contribution is -2.10. The van der Waals surface area contributed by atoms with Crippen molar-refractivity contribution in [2.45, 2.75) is 18.4 Å². The maximum absolute atomic E-state index is 12.2. The summed E-state index contributed by atoms with van der Waals surface area (Å²) in [5, 5.41) is 0. The number of aryl methyl sites for hydroxylation is 1. The van der Waals surface area contributed by atoms with Crippen LogP contribution >= 0.6 is 11.8 Å². The number of thioether (sulfide) groups is 1. The van der Waals surface area contributed by atoms with E-state index in [1.165, 1.54) is 0 Å². The monoisotopic (exact) mass is 246 g/mol. The molecule has 3 nitrogen and oxygen atoms in total. The molecule has 0 spiro atoms. The Morgan fingerprint density at radius 2 is 2.06 bits per heavy atom. The molecule has 1 aromatic heterocycles. The van der Waals surface area contributed by atoms with Crippen LogP contribution in [0.2, 0.25) is 0 Å². The predicted octanol–water partition coefficient (Wildman–Crippen LogP) is 2.86. The number of hydrogen-bond donors (Lipinski definition) is 0. The molecule has 0 saturated carbocycles. The van der Waals surface area contributed by atoms with Crippen molar-refractivity contribution >= 4 is 17.5 Å². The third kappa shape index (κ3) is 2.42. The quantitative estimate of drug-likeness (QED) is 0.614. The van der Waals surface area contributed by atoms with Crippen LogP contribution < -0.4 is 0 Å². The van der Waals surface area contributed by atoms with Crippen LogP contribution in [0.15, 0.2) is 41.6 Å².